The average molecular weight is 1630 g/mol. The van der Waals surface area contributed by atoms with Gasteiger partial charge in [0.1, 0.15) is 66.5 Å². The lowest BCUT2D eigenvalue weighted by atomic mass is 9.82. The molecule has 22 N–H and O–H groups in total. The van der Waals surface area contributed by atoms with Crippen LogP contribution < -0.4 is 85.5 Å². The van der Waals surface area contributed by atoms with Crippen LogP contribution in [0.2, 0.25) is 0 Å². The minimum absolute atomic E-state index is 0.00734. The Hall–Kier alpha value is -7.29. The van der Waals surface area contributed by atoms with Crippen molar-refractivity contribution in [2.45, 2.75) is 298 Å². The second-order valence-electron chi connectivity index (χ2n) is 32.6. The predicted octanol–water partition coefficient (Wildman–Crippen LogP) is -1.63. The highest BCUT2D eigenvalue weighted by Crippen LogP contribution is 2.34. The summed E-state index contributed by atoms with van der Waals surface area (Å²) in [7, 11) is 0. The zero-order chi connectivity index (χ0) is 82.6. The molecule has 3 saturated heterocycles. The molecule has 7 rings (SSSR count). The van der Waals surface area contributed by atoms with Crippen LogP contribution >= 0.6 is 23.5 Å². The number of hydrogen-bond donors (Lipinski definition) is 21. The van der Waals surface area contributed by atoms with Gasteiger partial charge in [-0.15, -0.1) is 0 Å². The van der Waals surface area contributed by atoms with Crippen molar-refractivity contribution in [2.24, 2.45) is 34.8 Å². The number of carboxylic acids is 1. The Labute approximate surface area is 670 Å². The number of primary amides is 1. The largest absolute Gasteiger partial charge is 0.481 e. The van der Waals surface area contributed by atoms with Crippen LogP contribution in [0.1, 0.15) is 194 Å². The van der Waals surface area contributed by atoms with Crippen LogP contribution in [0, 0.1) is 29.1 Å². The van der Waals surface area contributed by atoms with E-state index in [-0.39, 0.29) is 87.0 Å². The molecule has 6 aliphatic rings. The molecule has 0 radical (unpaired) electrons. The van der Waals surface area contributed by atoms with Gasteiger partial charge in [0.2, 0.25) is 70.9 Å². The van der Waals surface area contributed by atoms with Gasteiger partial charge < -0.3 is 111 Å². The number of rotatable bonds is 18. The second-order valence-corrected chi connectivity index (χ2v) is 34.7. The van der Waals surface area contributed by atoms with Gasteiger partial charge in [-0.05, 0) is 176 Å². The number of aliphatic hydroxyl groups is 4. The Morgan fingerprint density at radius 3 is 1.49 bits per heavy atom. The van der Waals surface area contributed by atoms with Gasteiger partial charge in [0.15, 0.2) is 0 Å². The molecular weight excluding hydrogens is 1500 g/mol. The third-order valence-electron chi connectivity index (χ3n) is 22.2. The van der Waals surface area contributed by atoms with Crippen molar-refractivity contribution >= 4 is 100 Å². The summed E-state index contributed by atoms with van der Waals surface area (Å²) in [5, 5.41) is 96.7. The molecule has 5 fully saturated rings. The Balaban J connectivity index is 1.23. The maximum absolute atomic E-state index is 15.2. The normalized spacial score (nSPS) is 32.5. The number of amides is 12. The number of piperidine rings is 1. The molecule has 113 heavy (non-hydrogen) atoms. The van der Waals surface area contributed by atoms with E-state index >= 15 is 14.4 Å². The summed E-state index contributed by atoms with van der Waals surface area (Å²) in [5.41, 5.74) is 6.68. The Morgan fingerprint density at radius 2 is 0.991 bits per heavy atom. The van der Waals surface area contributed by atoms with E-state index in [9.17, 15) is 73.5 Å². The van der Waals surface area contributed by atoms with Crippen molar-refractivity contribution in [1.29, 1.82) is 0 Å². The monoisotopic (exact) mass is 1630 g/mol. The SMILES string of the molecule is CCC[C@@H]1NC(=O)[C@H](CC2CCC(O)CC2)NC(=O)[C@@H](CCC(=O)O)NC(=O)[C@H](CCC)NC(=O)[C@H](CC2CNC3NCCCC23)NC(=O)[C@H]([C@@H](C)O)NC(=O)[C@H](CC2CNCN2)NC(=O)[C@H](CC2CCC(O)CC2)NC(=O)[C@H](C(C)(C)C)NC(=O)CCSCc2cccc(c2)CSC[C@@H](C(N)=O)NC(=O)[C@H]([C@@H](C)O)NC1=O. The highest BCUT2D eigenvalue weighted by atomic mass is 32.2. The molecule has 4 unspecified atom stereocenters. The van der Waals surface area contributed by atoms with Crippen LogP contribution in [-0.2, 0) is 73.8 Å². The summed E-state index contributed by atoms with van der Waals surface area (Å²) in [6.45, 7) is 13.1. The van der Waals surface area contributed by atoms with Gasteiger partial charge in [-0.2, -0.15) is 23.5 Å². The van der Waals surface area contributed by atoms with E-state index in [4.69, 9.17) is 5.73 Å². The van der Waals surface area contributed by atoms with Gasteiger partial charge in [0.25, 0.3) is 0 Å². The number of benzene rings is 1. The van der Waals surface area contributed by atoms with Crippen molar-refractivity contribution in [3.05, 3.63) is 35.4 Å². The van der Waals surface area contributed by atoms with Crippen molar-refractivity contribution < 1.29 is 87.9 Å². The highest BCUT2D eigenvalue weighted by molar-refractivity contribution is 7.98. The standard InChI is InChI=1S/C77H126N16O18S2/c1-8-12-52-67(102)85-54(25-26-61(99)100)68(103)86-55(31-43-17-21-49(96)22-18-43)70(105)84-53(13-9-2)69(104)92-63(42(4)95)75(110)90-59(65(78)101)39-113-38-46-15-10-14-45(30-46)37-112-29-27-60(98)91-64(77(5,6)7)76(111)89-56(32-44-19-23-50(97)24-20-44)71(106)87-58(34-48-36-79-40-82-48)73(108)93-62(41(3)94)74(109)88-57(72(107)83-52)33-47-35-81-66-51(47)16-11-28-80-66/h10,14-15,30,41-44,47-59,62-64,66,79-82,94-97H,8-9,11-13,16-29,31-40H2,1-7H3,(H2,78,101)(H,83,107)(H,84,105)(H,85,102)(H,86,103)(H,87,106)(H,88,109)(H,89,111)(H,90,110)(H,91,98)(H,92,104)(H,93,108)(H,99,100)/t41-,42-,43?,44?,47?,48?,49?,50?,51?,52+,53+,54-,55+,56+,57+,58+,59+,62+,63+,64-,66?/m1/s1. The smallest absolute Gasteiger partial charge is 0.303 e. The van der Waals surface area contributed by atoms with Gasteiger partial charge in [-0.25, -0.2) is 0 Å². The molecule has 634 valence electrons. The van der Waals surface area contributed by atoms with Crippen LogP contribution in [0.25, 0.3) is 0 Å². The maximum atomic E-state index is 15.2. The molecule has 34 nitrogen and oxygen atoms in total. The van der Waals surface area contributed by atoms with Gasteiger partial charge in [0.05, 0.1) is 30.6 Å². The van der Waals surface area contributed by atoms with E-state index in [1.807, 2.05) is 24.3 Å². The fourth-order valence-electron chi connectivity index (χ4n) is 15.6. The van der Waals surface area contributed by atoms with Crippen LogP contribution in [0.5, 0.6) is 0 Å². The third-order valence-corrected chi connectivity index (χ3v) is 24.3. The number of aliphatic hydroxyl groups excluding tert-OH is 4. The third kappa shape index (κ3) is 30.1. The molecule has 2 bridgehead atoms. The topological polar surface area (TPSA) is 530 Å². The van der Waals surface area contributed by atoms with Crippen molar-refractivity contribution in [1.82, 2.24) is 79.8 Å². The average Bonchev–Trinajstić information content (AvgIpc) is 1.38. The van der Waals surface area contributed by atoms with Gasteiger partial charge in [0, 0.05) is 55.1 Å². The molecule has 0 spiro atoms. The lowest BCUT2D eigenvalue weighted by molar-refractivity contribution is -0.139. The van der Waals surface area contributed by atoms with E-state index in [1.165, 1.54) is 37.4 Å². The van der Waals surface area contributed by atoms with E-state index in [1.54, 1.807) is 34.6 Å². The number of hydrogen-bond acceptors (Lipinski definition) is 23. The molecule has 0 aromatic heterocycles. The molecule has 4 aliphatic heterocycles. The van der Waals surface area contributed by atoms with Crippen molar-refractivity contribution in [2.75, 3.05) is 37.8 Å². The second kappa shape index (κ2) is 45.9. The summed E-state index contributed by atoms with van der Waals surface area (Å²) in [5.74, 6) is -11.2. The zero-order valence-corrected chi connectivity index (χ0v) is 68.0. The van der Waals surface area contributed by atoms with Crippen molar-refractivity contribution in [3.8, 4) is 0 Å². The number of thioether (sulfide) groups is 2. The molecule has 2 aliphatic carbocycles. The highest BCUT2D eigenvalue weighted by Gasteiger charge is 2.44. The predicted molar refractivity (Wildman–Crippen MR) is 424 cm³/mol. The van der Waals surface area contributed by atoms with E-state index in [0.717, 1.165) is 30.5 Å². The van der Waals surface area contributed by atoms with Crippen LogP contribution in [-0.4, -0.2) is 243 Å². The number of carboxylic acid groups (broad SMARTS) is 1. The molecule has 4 heterocycles. The quantitative estimate of drug-likeness (QED) is 0.0785. The number of nitrogens with one attached hydrogen (secondary N) is 15. The lowest BCUT2D eigenvalue weighted by Crippen LogP contribution is -2.63. The first-order valence-corrected chi connectivity index (χ1v) is 42.7. The fraction of sp³-hybridized carbons (Fsp3) is 0.753. The molecular formula is C77H126N16O18S2. The van der Waals surface area contributed by atoms with Crippen molar-refractivity contribution in [3.63, 3.8) is 0 Å². The fourth-order valence-corrected chi connectivity index (χ4v) is 17.6. The van der Waals surface area contributed by atoms with Crippen LogP contribution in [0.4, 0.5) is 0 Å². The lowest BCUT2D eigenvalue weighted by Gasteiger charge is -2.34. The van der Waals surface area contributed by atoms with Gasteiger partial charge in [-0.1, -0.05) is 71.7 Å². The first kappa shape index (κ1) is 92.9. The number of carbonyl (C=O) groups is 13. The molecule has 12 amide bonds. The number of fused-ring (bicyclic) bond motifs is 3. The first-order valence-electron chi connectivity index (χ1n) is 40.4. The Kier molecular flexibility index (Phi) is 37.7. The summed E-state index contributed by atoms with van der Waals surface area (Å²) in [6.07, 6.45) is -0.107. The minimum atomic E-state index is -1.78. The summed E-state index contributed by atoms with van der Waals surface area (Å²) in [4.78, 5) is 187. The number of aliphatic carboxylic acids is 1. The summed E-state index contributed by atoms with van der Waals surface area (Å²) in [6, 6.07) is -8.90. The van der Waals surface area contributed by atoms with E-state index in [2.05, 4.69) is 79.8 Å². The Morgan fingerprint density at radius 1 is 0.531 bits per heavy atom. The molecule has 1 aromatic rings. The zero-order valence-electron chi connectivity index (χ0n) is 66.4. The van der Waals surface area contributed by atoms with Crippen LogP contribution in [0.3, 0.4) is 0 Å². The number of nitrogens with two attached hydrogens (primary N) is 1. The maximum Gasteiger partial charge on any atom is 0.303 e. The van der Waals surface area contributed by atoms with Gasteiger partial charge >= 0.3 is 5.97 Å². The van der Waals surface area contributed by atoms with Gasteiger partial charge in [-0.3, -0.25) is 62.3 Å². The molecule has 36 heteroatoms. The Bertz CT molecular complexity index is 3370. The minimum Gasteiger partial charge on any atom is -0.481 e. The molecule has 2 saturated carbocycles. The van der Waals surface area contributed by atoms with Crippen LogP contribution in [0.15, 0.2) is 24.3 Å². The number of carbonyl (C=O) groups excluding carboxylic acids is 12. The summed E-state index contributed by atoms with van der Waals surface area (Å²) < 4.78 is 0. The van der Waals surface area contributed by atoms with E-state index in [0.29, 0.717) is 94.8 Å². The van der Waals surface area contributed by atoms with E-state index < -0.39 is 192 Å². The molecule has 17 atom stereocenters. The molecule has 1 aromatic carbocycles. The first-order chi connectivity index (χ1) is 53.7. The summed E-state index contributed by atoms with van der Waals surface area (Å²) >= 11 is 2.74.